The highest BCUT2D eigenvalue weighted by molar-refractivity contribution is 7.10. The molecule has 1 aromatic carbocycles. The van der Waals surface area contributed by atoms with Crippen LogP contribution in [0.5, 0.6) is 0 Å². The summed E-state index contributed by atoms with van der Waals surface area (Å²) in [5, 5.41) is 5.72. The van der Waals surface area contributed by atoms with Crippen molar-refractivity contribution in [3.05, 3.63) is 95.9 Å². The molecule has 0 amide bonds. The van der Waals surface area contributed by atoms with Gasteiger partial charge in [0, 0.05) is 26.0 Å². The molecule has 1 unspecified atom stereocenters. The Labute approximate surface area is 184 Å². The Bertz CT molecular complexity index is 944. The summed E-state index contributed by atoms with van der Waals surface area (Å²) in [6.07, 6.45) is 7.57. The topological polar surface area (TPSA) is 18.5 Å². The number of halogens is 1. The third-order valence-electron chi connectivity index (χ3n) is 5.26. The molecule has 30 heavy (non-hydrogen) atoms. The van der Waals surface area contributed by atoms with Crippen molar-refractivity contribution in [2.24, 2.45) is 0 Å². The van der Waals surface area contributed by atoms with Gasteiger partial charge in [-0.25, -0.2) is 4.39 Å². The number of hydrogen-bond donors (Lipinski definition) is 1. The van der Waals surface area contributed by atoms with Gasteiger partial charge in [0.15, 0.2) is 0 Å². The monoisotopic (exact) mass is 425 g/mol. The van der Waals surface area contributed by atoms with Crippen LogP contribution in [-0.4, -0.2) is 37.0 Å². The van der Waals surface area contributed by atoms with Gasteiger partial charge in [-0.05, 0) is 66.4 Å². The van der Waals surface area contributed by atoms with E-state index in [-0.39, 0.29) is 11.9 Å². The third-order valence-corrected chi connectivity index (χ3v) is 6.42. The van der Waals surface area contributed by atoms with Gasteiger partial charge in [-0.2, -0.15) is 0 Å². The Balaban J connectivity index is 2.53. The average Bonchev–Trinajstić information content (AvgIpc) is 3.19. The van der Waals surface area contributed by atoms with Crippen LogP contribution in [0.15, 0.2) is 79.6 Å². The standard InChI is InChI=1S/C25H32FN3S/c1-9-11-14-29(8)23(10-2)25(5,27-19(4)28(6)7)24-16-21(17-30-24)20-12-13-22(26)18(3)15-20/h9-17,23,27H,1-2,4H2,3,5-8H3/b14-11-/t23?,25-/m0/s1. The van der Waals surface area contributed by atoms with E-state index in [4.69, 9.17) is 0 Å². The zero-order valence-electron chi connectivity index (χ0n) is 18.6. The Kier molecular flexibility index (Phi) is 7.68. The van der Waals surface area contributed by atoms with Gasteiger partial charge in [-0.3, -0.25) is 0 Å². The molecular formula is C25H32FN3S. The largest absolute Gasteiger partial charge is 0.371 e. The second-order valence-electron chi connectivity index (χ2n) is 7.76. The van der Waals surface area contributed by atoms with Crippen LogP contribution >= 0.6 is 11.3 Å². The average molecular weight is 426 g/mol. The van der Waals surface area contributed by atoms with E-state index in [0.717, 1.165) is 21.8 Å². The van der Waals surface area contributed by atoms with E-state index in [1.165, 1.54) is 6.07 Å². The minimum absolute atomic E-state index is 0.0631. The molecule has 2 aromatic rings. The summed E-state index contributed by atoms with van der Waals surface area (Å²) in [5.74, 6) is 0.614. The molecule has 0 fully saturated rings. The number of rotatable bonds is 10. The number of nitrogens with zero attached hydrogens (tertiary/aromatic N) is 2. The van der Waals surface area contributed by atoms with Crippen molar-refractivity contribution in [1.29, 1.82) is 0 Å². The number of likely N-dealkylation sites (N-methyl/N-ethyl adjacent to an activating group) is 1. The molecule has 0 spiro atoms. The van der Waals surface area contributed by atoms with Crippen LogP contribution in [0.1, 0.15) is 17.4 Å². The first kappa shape index (κ1) is 23.5. The smallest absolute Gasteiger partial charge is 0.126 e. The van der Waals surface area contributed by atoms with Crippen LogP contribution in [0.25, 0.3) is 11.1 Å². The molecular weight excluding hydrogens is 393 g/mol. The summed E-state index contributed by atoms with van der Waals surface area (Å²) < 4.78 is 13.7. The number of benzene rings is 1. The molecule has 5 heteroatoms. The minimum Gasteiger partial charge on any atom is -0.371 e. The van der Waals surface area contributed by atoms with Gasteiger partial charge in [-0.15, -0.1) is 17.9 Å². The number of thiophene rings is 1. The molecule has 0 radical (unpaired) electrons. The number of allylic oxidation sites excluding steroid dienone is 2. The highest BCUT2D eigenvalue weighted by atomic mass is 32.1. The quantitative estimate of drug-likeness (QED) is 0.378. The SMILES string of the molecule is C=C/C=C\N(C)C(C=C)[C@](C)(NC(=C)N(C)C)c1cc(-c2ccc(F)c(C)c2)cs1. The molecule has 3 nitrogen and oxygen atoms in total. The highest BCUT2D eigenvalue weighted by Crippen LogP contribution is 2.37. The molecule has 0 saturated heterocycles. The van der Waals surface area contributed by atoms with Crippen molar-refractivity contribution >= 4 is 11.3 Å². The molecule has 160 valence electrons. The Morgan fingerprint density at radius 1 is 1.20 bits per heavy atom. The predicted octanol–water partition coefficient (Wildman–Crippen LogP) is 5.89. The maximum atomic E-state index is 13.7. The van der Waals surface area contributed by atoms with Crippen molar-refractivity contribution in [2.75, 3.05) is 21.1 Å². The molecule has 0 aliphatic rings. The Morgan fingerprint density at radius 3 is 2.47 bits per heavy atom. The van der Waals surface area contributed by atoms with Crippen molar-refractivity contribution in [2.45, 2.75) is 25.4 Å². The van der Waals surface area contributed by atoms with Crippen LogP contribution < -0.4 is 5.32 Å². The molecule has 1 aromatic heterocycles. The fourth-order valence-electron chi connectivity index (χ4n) is 3.38. The normalized spacial score (nSPS) is 14.1. The first-order chi connectivity index (χ1) is 14.1. The lowest BCUT2D eigenvalue weighted by Crippen LogP contribution is -2.54. The fraction of sp³-hybridized carbons (Fsp3) is 0.280. The molecule has 0 aliphatic carbocycles. The van der Waals surface area contributed by atoms with Gasteiger partial charge in [0.1, 0.15) is 5.82 Å². The van der Waals surface area contributed by atoms with E-state index in [1.54, 1.807) is 24.3 Å². The summed E-state index contributed by atoms with van der Waals surface area (Å²) >= 11 is 1.67. The summed E-state index contributed by atoms with van der Waals surface area (Å²) in [6.45, 7) is 16.0. The van der Waals surface area contributed by atoms with E-state index in [2.05, 4.69) is 48.3 Å². The van der Waals surface area contributed by atoms with E-state index in [9.17, 15) is 4.39 Å². The molecule has 2 rings (SSSR count). The third kappa shape index (κ3) is 5.03. The van der Waals surface area contributed by atoms with Crippen molar-refractivity contribution < 1.29 is 4.39 Å². The van der Waals surface area contributed by atoms with Crippen molar-refractivity contribution in [3.63, 3.8) is 0 Å². The van der Waals surface area contributed by atoms with Gasteiger partial charge >= 0.3 is 0 Å². The molecule has 2 atom stereocenters. The van der Waals surface area contributed by atoms with Crippen LogP contribution in [-0.2, 0) is 5.54 Å². The van der Waals surface area contributed by atoms with Gasteiger partial charge in [0.2, 0.25) is 0 Å². The summed E-state index contributed by atoms with van der Waals surface area (Å²) in [7, 11) is 5.94. The minimum atomic E-state index is -0.499. The Morgan fingerprint density at radius 2 is 1.90 bits per heavy atom. The van der Waals surface area contributed by atoms with E-state index >= 15 is 0 Å². The molecule has 1 heterocycles. The number of nitrogens with one attached hydrogen (secondary N) is 1. The maximum absolute atomic E-state index is 13.7. The van der Waals surface area contributed by atoms with Gasteiger partial charge in [-0.1, -0.05) is 31.4 Å². The predicted molar refractivity (Wildman–Crippen MR) is 129 cm³/mol. The lowest BCUT2D eigenvalue weighted by molar-refractivity contribution is 0.213. The van der Waals surface area contributed by atoms with Gasteiger partial charge < -0.3 is 15.1 Å². The van der Waals surface area contributed by atoms with E-state index in [0.29, 0.717) is 5.56 Å². The van der Waals surface area contributed by atoms with Crippen LogP contribution in [0.2, 0.25) is 0 Å². The molecule has 0 saturated carbocycles. The number of hydrogen-bond acceptors (Lipinski definition) is 4. The van der Waals surface area contributed by atoms with Crippen molar-refractivity contribution in [1.82, 2.24) is 15.1 Å². The van der Waals surface area contributed by atoms with E-state index in [1.807, 2.05) is 56.5 Å². The second kappa shape index (κ2) is 9.81. The van der Waals surface area contributed by atoms with Crippen molar-refractivity contribution in [3.8, 4) is 11.1 Å². The molecule has 1 N–H and O–H groups in total. The maximum Gasteiger partial charge on any atom is 0.126 e. The summed E-state index contributed by atoms with van der Waals surface area (Å²) in [6, 6.07) is 7.32. The molecule has 0 bridgehead atoms. The summed E-state index contributed by atoms with van der Waals surface area (Å²) in [5.41, 5.74) is 2.20. The lowest BCUT2D eigenvalue weighted by Gasteiger charge is -2.43. The van der Waals surface area contributed by atoms with Crippen LogP contribution in [0.4, 0.5) is 4.39 Å². The molecule has 0 aliphatic heterocycles. The van der Waals surface area contributed by atoms with E-state index < -0.39 is 5.54 Å². The second-order valence-corrected chi connectivity index (χ2v) is 8.67. The zero-order valence-corrected chi connectivity index (χ0v) is 19.4. The van der Waals surface area contributed by atoms with Crippen LogP contribution in [0.3, 0.4) is 0 Å². The summed E-state index contributed by atoms with van der Waals surface area (Å²) in [4.78, 5) is 5.19. The Hall–Kier alpha value is -2.79. The first-order valence-electron chi connectivity index (χ1n) is 9.77. The van der Waals surface area contributed by atoms with Gasteiger partial charge in [0.25, 0.3) is 0 Å². The first-order valence-corrected chi connectivity index (χ1v) is 10.7. The highest BCUT2D eigenvalue weighted by Gasteiger charge is 2.38. The number of aryl methyl sites for hydroxylation is 1. The van der Waals surface area contributed by atoms with Crippen LogP contribution in [0, 0.1) is 12.7 Å². The zero-order chi connectivity index (χ0) is 22.5. The lowest BCUT2D eigenvalue weighted by atomic mass is 9.88. The van der Waals surface area contributed by atoms with Gasteiger partial charge in [0.05, 0.1) is 17.4 Å². The fourth-order valence-corrected chi connectivity index (χ4v) is 4.45.